The molecule has 0 aromatic heterocycles. The van der Waals surface area contributed by atoms with Crippen LogP contribution in [0.1, 0.15) is 28.8 Å². The van der Waals surface area contributed by atoms with Gasteiger partial charge < -0.3 is 15.2 Å². The number of benzene rings is 1. The third-order valence-corrected chi connectivity index (χ3v) is 2.91. The zero-order valence-electron chi connectivity index (χ0n) is 11.5. The van der Waals surface area contributed by atoms with Gasteiger partial charge >= 0.3 is 5.97 Å². The lowest BCUT2D eigenvalue weighted by Gasteiger charge is -2.11. The number of carbonyl (C=O) groups is 1. The molecule has 0 unspecified atom stereocenters. The number of aromatic carboxylic acids is 1. The van der Waals surface area contributed by atoms with Crippen molar-refractivity contribution >= 4 is 17.3 Å². The molecule has 0 heterocycles. The Balaban J connectivity index is 2.88. The minimum atomic E-state index is -1.18. The zero-order chi connectivity index (χ0) is 15.1. The fourth-order valence-electron chi connectivity index (χ4n) is 1.79. The second kappa shape index (κ2) is 7.44. The number of unbranched alkanes of at least 4 members (excludes halogenated alkanes) is 1. The monoisotopic (exact) mass is 282 g/mol. The van der Waals surface area contributed by atoms with Crippen LogP contribution in [0.25, 0.3) is 0 Å². The summed E-state index contributed by atoms with van der Waals surface area (Å²) >= 11 is 0. The number of hydrogen-bond donors (Lipinski definition) is 2. The number of methoxy groups -OCH3 is 1. The number of nitrogens with zero attached hydrogens (tertiary/aromatic N) is 1. The minimum absolute atomic E-state index is 0.0957. The predicted molar refractivity (Wildman–Crippen MR) is 74.4 cm³/mol. The maximum absolute atomic E-state index is 11.0. The Morgan fingerprint density at radius 2 is 2.15 bits per heavy atom. The van der Waals surface area contributed by atoms with Gasteiger partial charge in [0.05, 0.1) is 10.5 Å². The average molecular weight is 282 g/mol. The van der Waals surface area contributed by atoms with Crippen LogP contribution < -0.4 is 5.32 Å². The maximum Gasteiger partial charge on any atom is 0.336 e. The summed E-state index contributed by atoms with van der Waals surface area (Å²) in [6, 6.07) is 2.49. The molecule has 1 aromatic carbocycles. The van der Waals surface area contributed by atoms with Gasteiger partial charge in [-0.15, -0.1) is 0 Å². The molecule has 0 radical (unpaired) electrons. The summed E-state index contributed by atoms with van der Waals surface area (Å²) in [6.07, 6.45) is 1.70. The van der Waals surface area contributed by atoms with Crippen molar-refractivity contribution in [3.63, 3.8) is 0 Å². The SMILES string of the molecule is COCCCCNc1cc(C(=O)O)cc([N+](=O)[O-])c1C. The molecule has 0 bridgehead atoms. The van der Waals surface area contributed by atoms with E-state index in [2.05, 4.69) is 5.32 Å². The van der Waals surface area contributed by atoms with Gasteiger partial charge in [-0.25, -0.2) is 4.79 Å². The average Bonchev–Trinajstić information content (AvgIpc) is 2.39. The molecule has 7 nitrogen and oxygen atoms in total. The van der Waals surface area contributed by atoms with E-state index in [-0.39, 0.29) is 11.3 Å². The van der Waals surface area contributed by atoms with Crippen LogP contribution in [-0.4, -0.2) is 36.3 Å². The molecule has 2 N–H and O–H groups in total. The highest BCUT2D eigenvalue weighted by atomic mass is 16.6. The summed E-state index contributed by atoms with van der Waals surface area (Å²) < 4.78 is 4.92. The normalized spacial score (nSPS) is 10.3. The van der Waals surface area contributed by atoms with E-state index in [0.717, 1.165) is 18.9 Å². The van der Waals surface area contributed by atoms with Gasteiger partial charge in [-0.05, 0) is 25.8 Å². The second-order valence-electron chi connectivity index (χ2n) is 4.36. The first-order chi connectivity index (χ1) is 9.47. The molecule has 0 saturated heterocycles. The van der Waals surface area contributed by atoms with Crippen molar-refractivity contribution in [2.75, 3.05) is 25.6 Å². The second-order valence-corrected chi connectivity index (χ2v) is 4.36. The number of nitro benzene ring substituents is 1. The van der Waals surface area contributed by atoms with Crippen LogP contribution >= 0.6 is 0 Å². The van der Waals surface area contributed by atoms with Gasteiger partial charge in [-0.3, -0.25) is 10.1 Å². The van der Waals surface area contributed by atoms with Crippen molar-refractivity contribution in [2.24, 2.45) is 0 Å². The van der Waals surface area contributed by atoms with E-state index in [4.69, 9.17) is 9.84 Å². The van der Waals surface area contributed by atoms with E-state index in [1.165, 1.54) is 6.07 Å². The van der Waals surface area contributed by atoms with E-state index in [1.54, 1.807) is 14.0 Å². The molecule has 0 atom stereocenters. The van der Waals surface area contributed by atoms with Crippen molar-refractivity contribution in [2.45, 2.75) is 19.8 Å². The van der Waals surface area contributed by atoms with Crippen LogP contribution in [0.4, 0.5) is 11.4 Å². The van der Waals surface area contributed by atoms with Gasteiger partial charge in [0.15, 0.2) is 0 Å². The molecule has 1 aromatic rings. The van der Waals surface area contributed by atoms with Gasteiger partial charge in [-0.2, -0.15) is 0 Å². The Hall–Kier alpha value is -2.15. The number of nitro groups is 1. The fraction of sp³-hybridized carbons (Fsp3) is 0.462. The Labute approximate surface area is 116 Å². The molecule has 0 aliphatic rings. The molecule has 110 valence electrons. The largest absolute Gasteiger partial charge is 0.478 e. The summed E-state index contributed by atoms with van der Waals surface area (Å²) in [4.78, 5) is 21.3. The molecular weight excluding hydrogens is 264 g/mol. The highest BCUT2D eigenvalue weighted by Gasteiger charge is 2.18. The topological polar surface area (TPSA) is 102 Å². The van der Waals surface area contributed by atoms with Gasteiger partial charge in [0.2, 0.25) is 0 Å². The number of carboxylic acid groups (broad SMARTS) is 1. The van der Waals surface area contributed by atoms with Crippen molar-refractivity contribution in [1.82, 2.24) is 0 Å². The summed E-state index contributed by atoms with van der Waals surface area (Å²) in [7, 11) is 1.62. The van der Waals surface area contributed by atoms with Crippen molar-refractivity contribution in [3.05, 3.63) is 33.4 Å². The molecule has 0 aliphatic carbocycles. The van der Waals surface area contributed by atoms with Crippen molar-refractivity contribution < 1.29 is 19.6 Å². The van der Waals surface area contributed by atoms with Crippen LogP contribution in [0.15, 0.2) is 12.1 Å². The molecule has 7 heteroatoms. The quantitative estimate of drug-likeness (QED) is 0.431. The molecule has 0 amide bonds. The van der Waals surface area contributed by atoms with E-state index >= 15 is 0 Å². The van der Waals surface area contributed by atoms with Crippen molar-refractivity contribution in [1.29, 1.82) is 0 Å². The summed E-state index contributed by atoms with van der Waals surface area (Å²) in [5, 5.41) is 23.0. The van der Waals surface area contributed by atoms with Crippen LogP contribution in [-0.2, 0) is 4.74 Å². The Kier molecular flexibility index (Phi) is 5.92. The van der Waals surface area contributed by atoms with E-state index < -0.39 is 10.9 Å². The highest BCUT2D eigenvalue weighted by molar-refractivity contribution is 5.90. The molecule has 20 heavy (non-hydrogen) atoms. The molecule has 1 rings (SSSR count). The van der Waals surface area contributed by atoms with Crippen LogP contribution in [0.2, 0.25) is 0 Å². The Morgan fingerprint density at radius 3 is 2.70 bits per heavy atom. The van der Waals surface area contributed by atoms with E-state index in [9.17, 15) is 14.9 Å². The summed E-state index contributed by atoms with van der Waals surface area (Å²) in [5.41, 5.74) is 0.631. The van der Waals surface area contributed by atoms with Crippen LogP contribution in [0.5, 0.6) is 0 Å². The number of hydrogen-bond acceptors (Lipinski definition) is 5. The number of anilines is 1. The fourth-order valence-corrected chi connectivity index (χ4v) is 1.79. The summed E-state index contributed by atoms with van der Waals surface area (Å²) in [5.74, 6) is -1.18. The molecule has 0 fully saturated rings. The van der Waals surface area contributed by atoms with Gasteiger partial charge in [0.25, 0.3) is 5.69 Å². The molecule has 0 aliphatic heterocycles. The van der Waals surface area contributed by atoms with Gasteiger partial charge in [-0.1, -0.05) is 0 Å². The summed E-state index contributed by atoms with van der Waals surface area (Å²) in [6.45, 7) is 2.85. The number of carboxylic acids is 1. The first-order valence-electron chi connectivity index (χ1n) is 6.22. The van der Waals surface area contributed by atoms with E-state index in [1.807, 2.05) is 0 Å². The maximum atomic E-state index is 11.0. The lowest BCUT2D eigenvalue weighted by atomic mass is 10.1. The van der Waals surface area contributed by atoms with Gasteiger partial charge in [0, 0.05) is 37.6 Å². The first-order valence-corrected chi connectivity index (χ1v) is 6.22. The lowest BCUT2D eigenvalue weighted by molar-refractivity contribution is -0.385. The highest BCUT2D eigenvalue weighted by Crippen LogP contribution is 2.27. The van der Waals surface area contributed by atoms with E-state index in [0.29, 0.717) is 24.4 Å². The molecule has 0 spiro atoms. The number of ether oxygens (including phenoxy) is 1. The van der Waals surface area contributed by atoms with Gasteiger partial charge in [0.1, 0.15) is 0 Å². The number of nitrogens with one attached hydrogen (secondary N) is 1. The molecule has 0 saturated carbocycles. The minimum Gasteiger partial charge on any atom is -0.478 e. The Morgan fingerprint density at radius 1 is 1.45 bits per heavy atom. The third-order valence-electron chi connectivity index (χ3n) is 2.91. The van der Waals surface area contributed by atoms with Crippen LogP contribution in [0, 0.1) is 17.0 Å². The Bertz CT molecular complexity index is 502. The molecular formula is C13H18N2O5. The predicted octanol–water partition coefficient (Wildman–Crippen LogP) is 2.44. The smallest absolute Gasteiger partial charge is 0.336 e. The number of rotatable bonds is 8. The third kappa shape index (κ3) is 4.20. The first kappa shape index (κ1) is 15.9. The van der Waals surface area contributed by atoms with Crippen LogP contribution in [0.3, 0.4) is 0 Å². The lowest BCUT2D eigenvalue weighted by Crippen LogP contribution is -2.08. The zero-order valence-corrected chi connectivity index (χ0v) is 11.5. The van der Waals surface area contributed by atoms with Crippen molar-refractivity contribution in [3.8, 4) is 0 Å². The standard InChI is InChI=1S/C13H18N2O5/c1-9-11(14-5-3-4-6-20-2)7-10(13(16)17)8-12(9)15(18)19/h7-8,14H,3-6H2,1-2H3,(H,16,17).